The zero-order valence-electron chi connectivity index (χ0n) is 10.1. The Hall–Kier alpha value is -1.16. The molecule has 0 spiro atoms. The summed E-state index contributed by atoms with van der Waals surface area (Å²) in [5, 5.41) is 0. The fourth-order valence-corrected chi connectivity index (χ4v) is 1.52. The molecular formula is C12H17NO2S. The first-order valence-corrected chi connectivity index (χ1v) is 6.14. The van der Waals surface area contributed by atoms with Crippen molar-refractivity contribution in [3.63, 3.8) is 0 Å². The molecule has 0 unspecified atom stereocenters. The predicted molar refractivity (Wildman–Crippen MR) is 68.5 cm³/mol. The minimum absolute atomic E-state index is 0.324. The Morgan fingerprint density at radius 2 is 2.06 bits per heavy atom. The van der Waals surface area contributed by atoms with Crippen molar-refractivity contribution in [2.45, 2.75) is 25.5 Å². The van der Waals surface area contributed by atoms with E-state index in [1.54, 1.807) is 13.3 Å². The van der Waals surface area contributed by atoms with Crippen molar-refractivity contribution in [1.82, 2.24) is 0 Å². The second-order valence-electron chi connectivity index (χ2n) is 4.37. The van der Waals surface area contributed by atoms with Gasteiger partial charge >= 0.3 is 0 Å². The van der Waals surface area contributed by atoms with Gasteiger partial charge in [0.05, 0.1) is 11.9 Å². The lowest BCUT2D eigenvalue weighted by Gasteiger charge is -2.12. The van der Waals surface area contributed by atoms with Crippen molar-refractivity contribution in [3.05, 3.63) is 29.8 Å². The van der Waals surface area contributed by atoms with Crippen molar-refractivity contribution < 1.29 is 8.95 Å². The van der Waals surface area contributed by atoms with Crippen LogP contribution in [0.4, 0.5) is 0 Å². The molecule has 0 saturated carbocycles. The van der Waals surface area contributed by atoms with E-state index in [1.165, 1.54) is 0 Å². The summed E-state index contributed by atoms with van der Waals surface area (Å²) in [4.78, 5) is 0. The standard InChI is InChI=1S/C12H17NO2S/c1-12(2,3)16(14)13-9-10-6-5-7-11(8-10)15-4/h5-9H,1-4H3/b13-9+/t16-/m1/s1. The maximum atomic E-state index is 11.7. The predicted octanol–water partition coefficient (Wildman–Crippen LogP) is 2.58. The van der Waals surface area contributed by atoms with E-state index in [1.807, 2.05) is 45.0 Å². The Morgan fingerprint density at radius 1 is 1.38 bits per heavy atom. The normalized spacial score (nSPS) is 14.0. The number of rotatable bonds is 3. The minimum Gasteiger partial charge on any atom is -0.497 e. The average Bonchev–Trinajstić information content (AvgIpc) is 2.25. The van der Waals surface area contributed by atoms with E-state index in [0.717, 1.165) is 11.3 Å². The number of hydrogen-bond acceptors (Lipinski definition) is 2. The van der Waals surface area contributed by atoms with Crippen LogP contribution in [0.15, 0.2) is 28.7 Å². The summed E-state index contributed by atoms with van der Waals surface area (Å²) in [7, 11) is 0.397. The molecule has 0 aliphatic heterocycles. The van der Waals surface area contributed by atoms with Crippen LogP contribution in [0.1, 0.15) is 26.3 Å². The highest BCUT2D eigenvalue weighted by Gasteiger charge is 2.17. The van der Waals surface area contributed by atoms with Gasteiger partial charge in [0, 0.05) is 6.21 Å². The highest BCUT2D eigenvalue weighted by atomic mass is 32.2. The molecule has 88 valence electrons. The SMILES string of the molecule is COc1cccc(/C=N/[S@](=O)C(C)(C)C)c1. The van der Waals surface area contributed by atoms with Crippen LogP contribution in [0.5, 0.6) is 5.75 Å². The van der Waals surface area contributed by atoms with Crippen LogP contribution in [0, 0.1) is 0 Å². The Morgan fingerprint density at radius 3 is 2.62 bits per heavy atom. The minimum atomic E-state index is -1.22. The van der Waals surface area contributed by atoms with Crippen LogP contribution in [0.2, 0.25) is 0 Å². The molecule has 0 fully saturated rings. The van der Waals surface area contributed by atoms with Gasteiger partial charge in [0.25, 0.3) is 0 Å². The molecule has 0 bridgehead atoms. The van der Waals surface area contributed by atoms with Gasteiger partial charge in [-0.3, -0.25) is 0 Å². The molecule has 1 rings (SSSR count). The summed E-state index contributed by atoms with van der Waals surface area (Å²) in [6.45, 7) is 5.68. The molecule has 0 aromatic heterocycles. The van der Waals surface area contributed by atoms with Crippen molar-refractivity contribution >= 4 is 17.2 Å². The maximum absolute atomic E-state index is 11.7. The summed E-state index contributed by atoms with van der Waals surface area (Å²) in [5.41, 5.74) is 0.886. The molecule has 0 heterocycles. The Labute approximate surface area is 99.1 Å². The summed E-state index contributed by atoms with van der Waals surface area (Å²) < 4.78 is 20.5. The fraction of sp³-hybridized carbons (Fsp3) is 0.417. The molecule has 0 amide bonds. The van der Waals surface area contributed by atoms with Crippen LogP contribution in [-0.4, -0.2) is 22.3 Å². The van der Waals surface area contributed by atoms with Gasteiger partial charge < -0.3 is 4.74 Å². The molecule has 0 saturated heterocycles. The number of nitrogens with zero attached hydrogens (tertiary/aromatic N) is 1. The largest absolute Gasteiger partial charge is 0.497 e. The third-order valence-corrected chi connectivity index (χ3v) is 3.26. The van der Waals surface area contributed by atoms with E-state index in [9.17, 15) is 4.21 Å². The molecule has 0 N–H and O–H groups in total. The number of methoxy groups -OCH3 is 1. The molecule has 1 aromatic rings. The van der Waals surface area contributed by atoms with E-state index in [0.29, 0.717) is 0 Å². The monoisotopic (exact) mass is 239 g/mol. The van der Waals surface area contributed by atoms with Gasteiger partial charge in [0.2, 0.25) is 0 Å². The zero-order chi connectivity index (χ0) is 12.2. The molecule has 3 nitrogen and oxygen atoms in total. The van der Waals surface area contributed by atoms with Gasteiger partial charge in [-0.05, 0) is 38.5 Å². The molecule has 1 aromatic carbocycles. The van der Waals surface area contributed by atoms with Crippen molar-refractivity contribution in [2.24, 2.45) is 4.40 Å². The molecule has 16 heavy (non-hydrogen) atoms. The molecule has 0 radical (unpaired) electrons. The van der Waals surface area contributed by atoms with Gasteiger partial charge in [-0.2, -0.15) is 4.40 Å². The van der Waals surface area contributed by atoms with Gasteiger partial charge in [0.1, 0.15) is 16.7 Å². The van der Waals surface area contributed by atoms with Gasteiger partial charge in [-0.25, -0.2) is 4.21 Å². The van der Waals surface area contributed by atoms with Gasteiger partial charge in [0.15, 0.2) is 0 Å². The van der Waals surface area contributed by atoms with E-state index in [-0.39, 0.29) is 4.75 Å². The van der Waals surface area contributed by atoms with E-state index < -0.39 is 11.0 Å². The molecule has 0 aliphatic carbocycles. The Kier molecular flexibility index (Phi) is 4.24. The summed E-state index contributed by atoms with van der Waals surface area (Å²) >= 11 is 0. The van der Waals surface area contributed by atoms with Crippen LogP contribution < -0.4 is 4.74 Å². The second-order valence-corrected chi connectivity index (χ2v) is 6.31. The number of hydrogen-bond donors (Lipinski definition) is 0. The smallest absolute Gasteiger partial charge is 0.144 e. The highest BCUT2D eigenvalue weighted by molar-refractivity contribution is 7.85. The molecular weight excluding hydrogens is 222 g/mol. The summed E-state index contributed by atoms with van der Waals surface area (Å²) in [6.07, 6.45) is 1.61. The molecule has 4 heteroatoms. The second kappa shape index (κ2) is 5.25. The first kappa shape index (κ1) is 12.9. The molecule has 1 atom stereocenters. The number of ether oxygens (including phenoxy) is 1. The lowest BCUT2D eigenvalue weighted by Crippen LogP contribution is -2.19. The third kappa shape index (κ3) is 3.77. The van der Waals surface area contributed by atoms with Crippen LogP contribution in [0.3, 0.4) is 0 Å². The lowest BCUT2D eigenvalue weighted by molar-refractivity contribution is 0.415. The Balaban J connectivity index is 2.80. The van der Waals surface area contributed by atoms with Gasteiger partial charge in [-0.1, -0.05) is 12.1 Å². The van der Waals surface area contributed by atoms with Crippen molar-refractivity contribution in [3.8, 4) is 5.75 Å². The van der Waals surface area contributed by atoms with E-state index in [4.69, 9.17) is 4.74 Å². The average molecular weight is 239 g/mol. The van der Waals surface area contributed by atoms with Crippen LogP contribution in [-0.2, 0) is 11.0 Å². The van der Waals surface area contributed by atoms with Crippen molar-refractivity contribution in [2.75, 3.05) is 7.11 Å². The van der Waals surface area contributed by atoms with Crippen LogP contribution in [0.25, 0.3) is 0 Å². The third-order valence-electron chi connectivity index (χ3n) is 1.92. The summed E-state index contributed by atoms with van der Waals surface area (Å²) in [6, 6.07) is 7.48. The quantitative estimate of drug-likeness (QED) is 0.760. The maximum Gasteiger partial charge on any atom is 0.144 e. The first-order valence-electron chi connectivity index (χ1n) is 5.03. The summed E-state index contributed by atoms with van der Waals surface area (Å²) in [5.74, 6) is 0.769. The highest BCUT2D eigenvalue weighted by Crippen LogP contribution is 2.14. The Bertz CT molecular complexity index is 408. The van der Waals surface area contributed by atoms with E-state index in [2.05, 4.69) is 4.40 Å². The van der Waals surface area contributed by atoms with E-state index >= 15 is 0 Å². The zero-order valence-corrected chi connectivity index (χ0v) is 10.9. The van der Waals surface area contributed by atoms with Crippen LogP contribution >= 0.6 is 0 Å². The van der Waals surface area contributed by atoms with Crippen molar-refractivity contribution in [1.29, 1.82) is 0 Å². The topological polar surface area (TPSA) is 38.7 Å². The van der Waals surface area contributed by atoms with Gasteiger partial charge in [-0.15, -0.1) is 0 Å². The number of benzene rings is 1. The first-order chi connectivity index (χ1) is 7.43. The fourth-order valence-electron chi connectivity index (χ4n) is 0.989. The molecule has 0 aliphatic rings. The lowest BCUT2D eigenvalue weighted by atomic mass is 10.2.